The topological polar surface area (TPSA) is 55.4 Å². The highest BCUT2D eigenvalue weighted by molar-refractivity contribution is 7.89. The average molecular weight is 326 g/mol. The molecule has 0 aromatic heterocycles. The van der Waals surface area contributed by atoms with Gasteiger partial charge in [-0.25, -0.2) is 13.1 Å². The molecule has 1 rings (SSSR count). The first-order valence-electron chi connectivity index (χ1n) is 5.89. The van der Waals surface area contributed by atoms with Crippen LogP contribution in [0.15, 0.2) is 17.0 Å². The fourth-order valence-corrected chi connectivity index (χ4v) is 3.37. The summed E-state index contributed by atoms with van der Waals surface area (Å²) >= 11 is 12.0. The van der Waals surface area contributed by atoms with Crippen molar-refractivity contribution in [1.29, 1.82) is 0 Å². The van der Waals surface area contributed by atoms with Crippen LogP contribution < -0.4 is 9.46 Å². The van der Waals surface area contributed by atoms with Gasteiger partial charge in [0.15, 0.2) is 0 Å². The molecular formula is C12H17Cl2NO3S. The fraction of sp³-hybridized carbons (Fsp3) is 0.500. The molecular weight excluding hydrogens is 309 g/mol. The second-order valence-corrected chi connectivity index (χ2v) is 6.94. The van der Waals surface area contributed by atoms with Gasteiger partial charge in [-0.1, -0.05) is 37.0 Å². The maximum absolute atomic E-state index is 12.1. The SMILES string of the molecule is CCOc1cc(Cl)c(S(=O)(=O)NCC(C)C)cc1Cl. The van der Waals surface area contributed by atoms with E-state index in [1.807, 2.05) is 13.8 Å². The second kappa shape index (κ2) is 6.79. The molecule has 0 saturated carbocycles. The van der Waals surface area contributed by atoms with Crippen LogP contribution in [0, 0.1) is 5.92 Å². The van der Waals surface area contributed by atoms with Gasteiger partial charge in [-0.05, 0) is 18.9 Å². The van der Waals surface area contributed by atoms with E-state index in [1.54, 1.807) is 6.92 Å². The Morgan fingerprint density at radius 1 is 1.26 bits per heavy atom. The normalized spacial score (nSPS) is 11.9. The van der Waals surface area contributed by atoms with Gasteiger partial charge in [0.25, 0.3) is 0 Å². The summed E-state index contributed by atoms with van der Waals surface area (Å²) in [5.41, 5.74) is 0. The molecule has 0 saturated heterocycles. The molecule has 0 heterocycles. The molecule has 0 radical (unpaired) electrons. The molecule has 0 atom stereocenters. The molecule has 0 bridgehead atoms. The molecule has 108 valence electrons. The van der Waals surface area contributed by atoms with Gasteiger partial charge in [0, 0.05) is 12.6 Å². The van der Waals surface area contributed by atoms with Gasteiger partial charge in [-0.3, -0.25) is 0 Å². The standard InChI is InChI=1S/C12H17Cl2NO3S/c1-4-18-11-5-10(14)12(6-9(11)13)19(16,17)15-7-8(2)3/h5-6,8,15H,4,7H2,1-3H3. The van der Waals surface area contributed by atoms with Gasteiger partial charge in [-0.15, -0.1) is 0 Å². The molecule has 1 aromatic rings. The smallest absolute Gasteiger partial charge is 0.242 e. The highest BCUT2D eigenvalue weighted by Crippen LogP contribution is 2.33. The van der Waals surface area contributed by atoms with Crippen molar-refractivity contribution in [3.8, 4) is 5.75 Å². The van der Waals surface area contributed by atoms with E-state index in [2.05, 4.69) is 4.72 Å². The first-order valence-corrected chi connectivity index (χ1v) is 8.13. The number of hydrogen-bond donors (Lipinski definition) is 1. The summed E-state index contributed by atoms with van der Waals surface area (Å²) in [5, 5.41) is 0.306. The quantitative estimate of drug-likeness (QED) is 0.872. The van der Waals surface area contributed by atoms with Crippen LogP contribution in [-0.2, 0) is 10.0 Å². The number of benzene rings is 1. The summed E-state index contributed by atoms with van der Waals surface area (Å²) in [6.07, 6.45) is 0. The molecule has 0 aliphatic carbocycles. The van der Waals surface area contributed by atoms with E-state index in [1.165, 1.54) is 12.1 Å². The minimum Gasteiger partial charge on any atom is -0.492 e. The Kier molecular flexibility index (Phi) is 5.92. The third-order valence-electron chi connectivity index (χ3n) is 2.26. The molecule has 0 aliphatic rings. The molecule has 1 aromatic carbocycles. The van der Waals surface area contributed by atoms with Crippen LogP contribution in [0.2, 0.25) is 10.0 Å². The van der Waals surface area contributed by atoms with Crippen molar-refractivity contribution in [2.24, 2.45) is 5.92 Å². The van der Waals surface area contributed by atoms with Crippen molar-refractivity contribution in [2.75, 3.05) is 13.2 Å². The number of ether oxygens (including phenoxy) is 1. The Labute approximate surface area is 124 Å². The highest BCUT2D eigenvalue weighted by Gasteiger charge is 2.20. The zero-order valence-electron chi connectivity index (χ0n) is 11.0. The maximum atomic E-state index is 12.1. The van der Waals surface area contributed by atoms with Gasteiger partial charge in [-0.2, -0.15) is 0 Å². The highest BCUT2D eigenvalue weighted by atomic mass is 35.5. The lowest BCUT2D eigenvalue weighted by Crippen LogP contribution is -2.27. The third kappa shape index (κ3) is 4.53. The van der Waals surface area contributed by atoms with Crippen molar-refractivity contribution < 1.29 is 13.2 Å². The minimum absolute atomic E-state index is 0.0386. The molecule has 19 heavy (non-hydrogen) atoms. The lowest BCUT2D eigenvalue weighted by molar-refractivity contribution is 0.340. The van der Waals surface area contributed by atoms with E-state index in [0.29, 0.717) is 18.9 Å². The molecule has 4 nitrogen and oxygen atoms in total. The van der Waals surface area contributed by atoms with Crippen molar-refractivity contribution >= 4 is 33.2 Å². The summed E-state index contributed by atoms with van der Waals surface area (Å²) in [4.78, 5) is -0.0386. The molecule has 7 heteroatoms. The van der Waals surface area contributed by atoms with Gasteiger partial charge >= 0.3 is 0 Å². The van der Waals surface area contributed by atoms with Crippen LogP contribution in [0.5, 0.6) is 5.75 Å². The van der Waals surface area contributed by atoms with Gasteiger partial charge in [0.05, 0.1) is 16.7 Å². The zero-order valence-corrected chi connectivity index (χ0v) is 13.4. The molecule has 0 fully saturated rings. The van der Waals surface area contributed by atoms with Crippen LogP contribution >= 0.6 is 23.2 Å². The van der Waals surface area contributed by atoms with Crippen molar-refractivity contribution in [3.63, 3.8) is 0 Å². The van der Waals surface area contributed by atoms with Crippen LogP contribution in [-0.4, -0.2) is 21.6 Å². The summed E-state index contributed by atoms with van der Waals surface area (Å²) in [7, 11) is -3.66. The predicted molar refractivity (Wildman–Crippen MR) is 77.7 cm³/mol. The Bertz CT molecular complexity index is 544. The summed E-state index contributed by atoms with van der Waals surface area (Å²) in [5.74, 6) is 0.573. The number of hydrogen-bond acceptors (Lipinski definition) is 3. The molecule has 1 N–H and O–H groups in total. The Balaban J connectivity index is 3.10. The summed E-state index contributed by atoms with van der Waals surface area (Å²) < 4.78 is 31.9. The number of halogens is 2. The average Bonchev–Trinajstić information content (AvgIpc) is 2.31. The van der Waals surface area contributed by atoms with Crippen LogP contribution in [0.25, 0.3) is 0 Å². The molecule has 0 amide bonds. The van der Waals surface area contributed by atoms with Gasteiger partial charge in [0.1, 0.15) is 10.6 Å². The fourth-order valence-electron chi connectivity index (χ4n) is 1.34. The first-order chi connectivity index (χ1) is 8.77. The Hall–Kier alpha value is -0.490. The summed E-state index contributed by atoms with van der Waals surface area (Å²) in [6, 6.07) is 2.72. The van der Waals surface area contributed by atoms with E-state index in [4.69, 9.17) is 27.9 Å². The first kappa shape index (κ1) is 16.6. The molecule has 0 spiro atoms. The van der Waals surface area contributed by atoms with Crippen molar-refractivity contribution in [1.82, 2.24) is 4.72 Å². The largest absolute Gasteiger partial charge is 0.492 e. The van der Waals surface area contributed by atoms with Crippen LogP contribution in [0.1, 0.15) is 20.8 Å². The van der Waals surface area contributed by atoms with Gasteiger partial charge in [0.2, 0.25) is 10.0 Å². The lowest BCUT2D eigenvalue weighted by atomic mass is 10.2. The Morgan fingerprint density at radius 3 is 2.42 bits per heavy atom. The van der Waals surface area contributed by atoms with Crippen molar-refractivity contribution in [3.05, 3.63) is 22.2 Å². The third-order valence-corrected chi connectivity index (χ3v) is 4.44. The maximum Gasteiger partial charge on any atom is 0.242 e. The second-order valence-electron chi connectivity index (χ2n) is 4.39. The van der Waals surface area contributed by atoms with E-state index in [-0.39, 0.29) is 20.9 Å². The van der Waals surface area contributed by atoms with E-state index in [0.717, 1.165) is 0 Å². The Morgan fingerprint density at radius 2 is 1.89 bits per heavy atom. The minimum atomic E-state index is -3.66. The number of sulfonamides is 1. The number of rotatable bonds is 6. The monoisotopic (exact) mass is 325 g/mol. The van der Waals surface area contributed by atoms with Crippen molar-refractivity contribution in [2.45, 2.75) is 25.7 Å². The molecule has 0 aliphatic heterocycles. The lowest BCUT2D eigenvalue weighted by Gasteiger charge is -2.12. The van der Waals surface area contributed by atoms with Crippen LogP contribution in [0.3, 0.4) is 0 Å². The molecule has 0 unspecified atom stereocenters. The number of nitrogens with one attached hydrogen (secondary N) is 1. The van der Waals surface area contributed by atoms with E-state index >= 15 is 0 Å². The zero-order chi connectivity index (χ0) is 14.6. The van der Waals surface area contributed by atoms with Gasteiger partial charge < -0.3 is 4.74 Å². The summed E-state index contributed by atoms with van der Waals surface area (Å²) in [6.45, 7) is 6.39. The van der Waals surface area contributed by atoms with Crippen LogP contribution in [0.4, 0.5) is 0 Å². The predicted octanol–water partition coefficient (Wildman–Crippen LogP) is 3.33. The van der Waals surface area contributed by atoms with E-state index < -0.39 is 10.0 Å². The van der Waals surface area contributed by atoms with E-state index in [9.17, 15) is 8.42 Å².